The van der Waals surface area contributed by atoms with Gasteiger partial charge in [-0.15, -0.1) is 0 Å². The Morgan fingerprint density at radius 1 is 1.53 bits per heavy atom. The van der Waals surface area contributed by atoms with Crippen molar-refractivity contribution in [2.45, 2.75) is 38.8 Å². The quantitative estimate of drug-likeness (QED) is 0.837. The molecule has 0 heterocycles. The predicted octanol–water partition coefficient (Wildman–Crippen LogP) is 2.74. The maximum Gasteiger partial charge on any atom is 0.387 e. The van der Waals surface area contributed by atoms with E-state index in [0.29, 0.717) is 12.1 Å². The molecule has 0 aliphatic heterocycles. The van der Waals surface area contributed by atoms with Gasteiger partial charge in [0.1, 0.15) is 5.75 Å². The van der Waals surface area contributed by atoms with Gasteiger partial charge in [-0.25, -0.2) is 0 Å². The Labute approximate surface area is 110 Å². The highest BCUT2D eigenvalue weighted by Gasteiger charge is 2.27. The van der Waals surface area contributed by atoms with Crippen LogP contribution in [0.1, 0.15) is 26.7 Å². The van der Waals surface area contributed by atoms with E-state index in [9.17, 15) is 13.6 Å². The average Bonchev–Trinajstić information content (AvgIpc) is 2.28. The van der Waals surface area contributed by atoms with Crippen molar-refractivity contribution < 1.29 is 18.3 Å². The Kier molecular flexibility index (Phi) is 5.23. The number of carbonyl (C=O) groups excluding carboxylic acids is 1. The SMILES string of the molecule is CCCC(C)(N)C(=O)Nc1cccc(OC(F)F)c1. The van der Waals surface area contributed by atoms with Gasteiger partial charge in [0.25, 0.3) is 0 Å². The van der Waals surface area contributed by atoms with Crippen LogP contribution in [-0.4, -0.2) is 18.1 Å². The summed E-state index contributed by atoms with van der Waals surface area (Å²) in [4.78, 5) is 11.9. The molecule has 1 atom stereocenters. The van der Waals surface area contributed by atoms with Crippen LogP contribution in [0.2, 0.25) is 0 Å². The molecule has 3 N–H and O–H groups in total. The number of alkyl halides is 2. The van der Waals surface area contributed by atoms with Crippen LogP contribution in [-0.2, 0) is 4.79 Å². The lowest BCUT2D eigenvalue weighted by Gasteiger charge is -2.22. The number of halogens is 2. The molecular weight excluding hydrogens is 254 g/mol. The fraction of sp³-hybridized carbons (Fsp3) is 0.462. The number of rotatable bonds is 6. The van der Waals surface area contributed by atoms with Gasteiger partial charge in [0.2, 0.25) is 5.91 Å². The molecule has 0 bridgehead atoms. The summed E-state index contributed by atoms with van der Waals surface area (Å²) in [7, 11) is 0. The molecule has 1 rings (SSSR count). The second-order valence-electron chi connectivity index (χ2n) is 4.53. The molecule has 0 aliphatic carbocycles. The number of nitrogens with one attached hydrogen (secondary N) is 1. The van der Waals surface area contributed by atoms with E-state index in [1.54, 1.807) is 13.0 Å². The third-order valence-electron chi connectivity index (χ3n) is 2.61. The minimum atomic E-state index is -2.90. The summed E-state index contributed by atoms with van der Waals surface area (Å²) in [5.41, 5.74) is 5.25. The zero-order valence-electron chi connectivity index (χ0n) is 11.0. The molecular formula is C13H18F2N2O2. The molecule has 106 valence electrons. The van der Waals surface area contributed by atoms with Crippen LogP contribution in [0.3, 0.4) is 0 Å². The van der Waals surface area contributed by atoms with E-state index >= 15 is 0 Å². The number of nitrogens with two attached hydrogens (primary N) is 1. The number of anilines is 1. The summed E-state index contributed by atoms with van der Waals surface area (Å²) in [5.74, 6) is -0.370. The molecule has 4 nitrogen and oxygen atoms in total. The van der Waals surface area contributed by atoms with Gasteiger partial charge in [0, 0.05) is 11.8 Å². The maximum absolute atomic E-state index is 12.1. The van der Waals surface area contributed by atoms with Crippen LogP contribution in [0.25, 0.3) is 0 Å². The Hall–Kier alpha value is -1.69. The maximum atomic E-state index is 12.1. The normalized spacial score (nSPS) is 14.0. The molecule has 0 saturated carbocycles. The molecule has 0 saturated heterocycles. The van der Waals surface area contributed by atoms with Gasteiger partial charge >= 0.3 is 6.61 Å². The lowest BCUT2D eigenvalue weighted by Crippen LogP contribution is -2.48. The number of carbonyl (C=O) groups is 1. The molecule has 0 aliphatic rings. The van der Waals surface area contributed by atoms with E-state index in [4.69, 9.17) is 5.73 Å². The topological polar surface area (TPSA) is 64.4 Å². The zero-order chi connectivity index (χ0) is 14.5. The van der Waals surface area contributed by atoms with Crippen molar-refractivity contribution in [2.75, 3.05) is 5.32 Å². The molecule has 0 spiro atoms. The fourth-order valence-electron chi connectivity index (χ4n) is 1.66. The first-order valence-electron chi connectivity index (χ1n) is 6.00. The number of ether oxygens (including phenoxy) is 1. The first kappa shape index (κ1) is 15.4. The number of hydrogen-bond acceptors (Lipinski definition) is 3. The molecule has 0 fully saturated rings. The third-order valence-corrected chi connectivity index (χ3v) is 2.61. The molecule has 0 radical (unpaired) electrons. The van der Waals surface area contributed by atoms with Crippen molar-refractivity contribution in [2.24, 2.45) is 5.73 Å². The Morgan fingerprint density at radius 3 is 2.79 bits per heavy atom. The van der Waals surface area contributed by atoms with Gasteiger partial charge < -0.3 is 15.8 Å². The minimum Gasteiger partial charge on any atom is -0.435 e. The Bertz CT molecular complexity index is 436. The van der Waals surface area contributed by atoms with Gasteiger partial charge in [0.15, 0.2) is 0 Å². The molecule has 1 aromatic rings. The van der Waals surface area contributed by atoms with Crippen LogP contribution in [0.5, 0.6) is 5.75 Å². The van der Waals surface area contributed by atoms with Crippen LogP contribution in [0.15, 0.2) is 24.3 Å². The largest absolute Gasteiger partial charge is 0.435 e. The molecule has 1 amide bonds. The van der Waals surface area contributed by atoms with Crippen LogP contribution in [0, 0.1) is 0 Å². The lowest BCUT2D eigenvalue weighted by molar-refractivity contribution is -0.120. The van der Waals surface area contributed by atoms with E-state index in [1.165, 1.54) is 18.2 Å². The second kappa shape index (κ2) is 6.47. The summed E-state index contributed by atoms with van der Waals surface area (Å²) >= 11 is 0. The Morgan fingerprint density at radius 2 is 2.21 bits per heavy atom. The van der Waals surface area contributed by atoms with Crippen molar-refractivity contribution >= 4 is 11.6 Å². The van der Waals surface area contributed by atoms with Gasteiger partial charge in [-0.2, -0.15) is 8.78 Å². The van der Waals surface area contributed by atoms with E-state index in [0.717, 1.165) is 6.42 Å². The van der Waals surface area contributed by atoms with E-state index in [2.05, 4.69) is 10.1 Å². The summed E-state index contributed by atoms with van der Waals surface area (Å²) in [6.45, 7) is 0.659. The first-order valence-corrected chi connectivity index (χ1v) is 6.00. The van der Waals surface area contributed by atoms with E-state index in [-0.39, 0.29) is 11.7 Å². The summed E-state index contributed by atoms with van der Waals surface area (Å²) in [6.07, 6.45) is 1.31. The van der Waals surface area contributed by atoms with Crippen LogP contribution in [0.4, 0.5) is 14.5 Å². The lowest BCUT2D eigenvalue weighted by atomic mass is 9.96. The highest BCUT2D eigenvalue weighted by Crippen LogP contribution is 2.20. The van der Waals surface area contributed by atoms with Gasteiger partial charge in [-0.1, -0.05) is 19.4 Å². The molecule has 1 unspecified atom stereocenters. The van der Waals surface area contributed by atoms with Gasteiger partial charge in [-0.05, 0) is 25.5 Å². The molecule has 1 aromatic carbocycles. The van der Waals surface area contributed by atoms with Crippen molar-refractivity contribution in [3.63, 3.8) is 0 Å². The highest BCUT2D eigenvalue weighted by molar-refractivity contribution is 5.97. The highest BCUT2D eigenvalue weighted by atomic mass is 19.3. The standard InChI is InChI=1S/C13H18F2N2O2/c1-3-7-13(2,16)11(18)17-9-5-4-6-10(8-9)19-12(14)15/h4-6,8,12H,3,7,16H2,1-2H3,(H,17,18). The summed E-state index contributed by atoms with van der Waals surface area (Å²) in [6, 6.07) is 5.81. The minimum absolute atomic E-state index is 0.0120. The van der Waals surface area contributed by atoms with Crippen molar-refractivity contribution in [3.8, 4) is 5.75 Å². The zero-order valence-corrected chi connectivity index (χ0v) is 11.0. The molecule has 0 aromatic heterocycles. The van der Waals surface area contributed by atoms with E-state index in [1.807, 2.05) is 6.92 Å². The number of benzene rings is 1. The first-order chi connectivity index (χ1) is 8.85. The van der Waals surface area contributed by atoms with Crippen molar-refractivity contribution in [1.82, 2.24) is 0 Å². The number of amides is 1. The van der Waals surface area contributed by atoms with Crippen LogP contribution >= 0.6 is 0 Å². The smallest absolute Gasteiger partial charge is 0.387 e. The monoisotopic (exact) mass is 272 g/mol. The Balaban J connectivity index is 2.74. The molecule has 6 heteroatoms. The van der Waals surface area contributed by atoms with Crippen molar-refractivity contribution in [1.29, 1.82) is 0 Å². The summed E-state index contributed by atoms with van der Waals surface area (Å²) < 4.78 is 28.4. The predicted molar refractivity (Wildman–Crippen MR) is 69.2 cm³/mol. The average molecular weight is 272 g/mol. The molecule has 19 heavy (non-hydrogen) atoms. The second-order valence-corrected chi connectivity index (χ2v) is 4.53. The van der Waals surface area contributed by atoms with Crippen LogP contribution < -0.4 is 15.8 Å². The summed E-state index contributed by atoms with van der Waals surface area (Å²) in [5, 5.41) is 2.59. The van der Waals surface area contributed by atoms with Gasteiger partial charge in [0.05, 0.1) is 5.54 Å². The van der Waals surface area contributed by atoms with Gasteiger partial charge in [-0.3, -0.25) is 4.79 Å². The third kappa shape index (κ3) is 4.82. The number of hydrogen-bond donors (Lipinski definition) is 2. The fourth-order valence-corrected chi connectivity index (χ4v) is 1.66. The van der Waals surface area contributed by atoms with Crippen molar-refractivity contribution in [3.05, 3.63) is 24.3 Å². The van der Waals surface area contributed by atoms with E-state index < -0.39 is 12.2 Å².